The number of unbranched alkanes of at least 4 members (excludes halogenated alkanes) is 1. The number of ether oxygens (including phenoxy) is 2. The Balaban J connectivity index is 2.61. The molecule has 0 amide bonds. The predicted molar refractivity (Wildman–Crippen MR) is 81.4 cm³/mol. The van der Waals surface area contributed by atoms with E-state index in [1.807, 2.05) is 6.07 Å². The molecular weight excluding hydrogens is 280 g/mol. The van der Waals surface area contributed by atoms with Crippen molar-refractivity contribution in [2.24, 2.45) is 5.14 Å². The average molecular weight is 298 g/mol. The molecular formula is C13H18N2O2S2. The van der Waals surface area contributed by atoms with E-state index in [1.54, 1.807) is 25.6 Å². The minimum Gasteiger partial charge on any atom is -0.496 e. The second-order valence-corrected chi connectivity index (χ2v) is 6.05. The van der Waals surface area contributed by atoms with Crippen LogP contribution in [0.25, 0.3) is 10.2 Å². The van der Waals surface area contributed by atoms with Crippen LogP contribution in [-0.4, -0.2) is 19.2 Å². The van der Waals surface area contributed by atoms with Gasteiger partial charge in [0.05, 0.1) is 18.9 Å². The zero-order valence-electron chi connectivity index (χ0n) is 11.4. The van der Waals surface area contributed by atoms with Crippen molar-refractivity contribution in [2.75, 3.05) is 14.2 Å². The van der Waals surface area contributed by atoms with Gasteiger partial charge in [-0.25, -0.2) is 4.98 Å². The lowest BCUT2D eigenvalue weighted by Crippen LogP contribution is -1.98. The molecule has 2 rings (SSSR count). The Hall–Kier alpha value is -0.980. The lowest BCUT2D eigenvalue weighted by atomic mass is 10.1. The first kappa shape index (κ1) is 14.4. The average Bonchev–Trinajstić information content (AvgIpc) is 2.86. The molecule has 0 saturated carbocycles. The van der Waals surface area contributed by atoms with Gasteiger partial charge in [-0.1, -0.05) is 13.3 Å². The minimum atomic E-state index is 0.819. The third-order valence-corrected chi connectivity index (χ3v) is 4.62. The number of nitrogens with two attached hydrogens (primary N) is 1. The summed E-state index contributed by atoms with van der Waals surface area (Å²) in [5, 5.41) is 5.59. The van der Waals surface area contributed by atoms with Crippen molar-refractivity contribution in [3.05, 3.63) is 11.6 Å². The summed E-state index contributed by atoms with van der Waals surface area (Å²) in [6.07, 6.45) is 3.16. The lowest BCUT2D eigenvalue weighted by Gasteiger charge is -2.13. The maximum atomic E-state index is 5.59. The molecule has 4 nitrogen and oxygen atoms in total. The van der Waals surface area contributed by atoms with Crippen molar-refractivity contribution in [1.82, 2.24) is 4.98 Å². The molecule has 2 aromatic rings. The summed E-state index contributed by atoms with van der Waals surface area (Å²) in [5.74, 6) is 1.69. The molecule has 0 fully saturated rings. The predicted octanol–water partition coefficient (Wildman–Crippen LogP) is 3.62. The molecule has 1 heterocycles. The Labute approximate surface area is 121 Å². The molecule has 104 valence electrons. The summed E-state index contributed by atoms with van der Waals surface area (Å²) in [6, 6.07) is 2.03. The molecule has 1 aromatic heterocycles. The van der Waals surface area contributed by atoms with Crippen molar-refractivity contribution >= 4 is 33.5 Å². The molecule has 0 spiro atoms. The Morgan fingerprint density at radius 3 is 2.74 bits per heavy atom. The van der Waals surface area contributed by atoms with Gasteiger partial charge in [-0.3, -0.25) is 5.14 Å². The molecule has 0 atom stereocenters. The third-order valence-electron chi connectivity index (χ3n) is 2.99. The lowest BCUT2D eigenvalue weighted by molar-refractivity contribution is 0.387. The molecule has 0 aliphatic rings. The number of rotatable bonds is 6. The molecule has 0 aliphatic carbocycles. The smallest absolute Gasteiger partial charge is 0.166 e. The van der Waals surface area contributed by atoms with Crippen LogP contribution in [0.15, 0.2) is 10.4 Å². The maximum absolute atomic E-state index is 5.59. The van der Waals surface area contributed by atoms with E-state index in [2.05, 4.69) is 11.9 Å². The van der Waals surface area contributed by atoms with E-state index in [1.165, 1.54) is 0 Å². The third kappa shape index (κ3) is 2.80. The number of hydrogen-bond donors (Lipinski definition) is 1. The molecule has 2 N–H and O–H groups in total. The standard InChI is InChI=1S/C13H18N2O2S2/c1-4-5-6-8-9(16-2)7-10-11(12(8)17-3)15-13(18-10)19-14/h7H,4-6,14H2,1-3H3. The summed E-state index contributed by atoms with van der Waals surface area (Å²) in [4.78, 5) is 4.52. The first-order valence-electron chi connectivity index (χ1n) is 6.16. The summed E-state index contributed by atoms with van der Waals surface area (Å²) in [5.41, 5.74) is 1.98. The van der Waals surface area contributed by atoms with Crippen LogP contribution in [0, 0.1) is 0 Å². The van der Waals surface area contributed by atoms with Crippen molar-refractivity contribution in [2.45, 2.75) is 30.5 Å². The fourth-order valence-electron chi connectivity index (χ4n) is 2.08. The van der Waals surface area contributed by atoms with Gasteiger partial charge < -0.3 is 9.47 Å². The van der Waals surface area contributed by atoms with Gasteiger partial charge in [-0.05, 0) is 24.8 Å². The second kappa shape index (κ2) is 6.45. The van der Waals surface area contributed by atoms with Gasteiger partial charge in [-0.15, -0.1) is 11.3 Å². The van der Waals surface area contributed by atoms with Crippen LogP contribution in [0.3, 0.4) is 0 Å². The van der Waals surface area contributed by atoms with E-state index in [0.717, 1.165) is 62.8 Å². The Kier molecular flexibility index (Phi) is 4.90. The van der Waals surface area contributed by atoms with E-state index in [-0.39, 0.29) is 0 Å². The van der Waals surface area contributed by atoms with Crippen LogP contribution < -0.4 is 14.6 Å². The van der Waals surface area contributed by atoms with Gasteiger partial charge >= 0.3 is 0 Å². The molecule has 1 aromatic carbocycles. The van der Waals surface area contributed by atoms with Crippen LogP contribution in [0.1, 0.15) is 25.3 Å². The number of thiazole rings is 1. The van der Waals surface area contributed by atoms with E-state index in [4.69, 9.17) is 14.6 Å². The first-order chi connectivity index (χ1) is 9.24. The molecule has 0 radical (unpaired) electrons. The minimum absolute atomic E-state index is 0.819. The summed E-state index contributed by atoms with van der Waals surface area (Å²) in [7, 11) is 3.37. The van der Waals surface area contributed by atoms with E-state index < -0.39 is 0 Å². The summed E-state index contributed by atoms with van der Waals surface area (Å²) < 4.78 is 12.9. The number of methoxy groups -OCH3 is 2. The topological polar surface area (TPSA) is 57.4 Å². The second-order valence-electron chi connectivity index (χ2n) is 4.14. The highest BCUT2D eigenvalue weighted by atomic mass is 32.2. The first-order valence-corrected chi connectivity index (χ1v) is 7.85. The Morgan fingerprint density at radius 2 is 2.16 bits per heavy atom. The summed E-state index contributed by atoms with van der Waals surface area (Å²) >= 11 is 2.72. The van der Waals surface area contributed by atoms with Crippen LogP contribution in [0.4, 0.5) is 0 Å². The number of hydrogen-bond acceptors (Lipinski definition) is 6. The van der Waals surface area contributed by atoms with E-state index in [9.17, 15) is 0 Å². The Bertz CT molecular complexity index is 569. The highest BCUT2D eigenvalue weighted by Crippen LogP contribution is 2.41. The molecule has 19 heavy (non-hydrogen) atoms. The quantitative estimate of drug-likeness (QED) is 0.825. The largest absolute Gasteiger partial charge is 0.496 e. The fraction of sp³-hybridized carbons (Fsp3) is 0.462. The van der Waals surface area contributed by atoms with Crippen molar-refractivity contribution in [1.29, 1.82) is 0 Å². The number of nitrogens with zero attached hydrogens (tertiary/aromatic N) is 1. The van der Waals surface area contributed by atoms with Crippen LogP contribution in [-0.2, 0) is 6.42 Å². The zero-order chi connectivity index (χ0) is 13.8. The molecule has 0 saturated heterocycles. The fourth-order valence-corrected chi connectivity index (χ4v) is 3.41. The van der Waals surface area contributed by atoms with Crippen molar-refractivity contribution in [3.8, 4) is 11.5 Å². The number of aromatic nitrogens is 1. The van der Waals surface area contributed by atoms with Crippen molar-refractivity contribution < 1.29 is 9.47 Å². The van der Waals surface area contributed by atoms with Gasteiger partial charge in [0.25, 0.3) is 0 Å². The number of fused-ring (bicyclic) bond motifs is 1. The zero-order valence-corrected chi connectivity index (χ0v) is 13.0. The van der Waals surface area contributed by atoms with E-state index in [0.29, 0.717) is 0 Å². The van der Waals surface area contributed by atoms with Gasteiger partial charge in [0, 0.05) is 11.6 Å². The van der Waals surface area contributed by atoms with E-state index >= 15 is 0 Å². The molecule has 0 bridgehead atoms. The maximum Gasteiger partial charge on any atom is 0.166 e. The van der Waals surface area contributed by atoms with Crippen LogP contribution >= 0.6 is 23.3 Å². The Morgan fingerprint density at radius 1 is 1.37 bits per heavy atom. The van der Waals surface area contributed by atoms with Crippen LogP contribution in [0.2, 0.25) is 0 Å². The van der Waals surface area contributed by atoms with Gasteiger partial charge in [0.1, 0.15) is 11.3 Å². The SMILES string of the molecule is CCCCc1c(OC)cc2sc(SN)nc2c1OC. The van der Waals surface area contributed by atoms with Crippen molar-refractivity contribution in [3.63, 3.8) is 0 Å². The highest BCUT2D eigenvalue weighted by Gasteiger charge is 2.18. The monoisotopic (exact) mass is 298 g/mol. The van der Waals surface area contributed by atoms with Gasteiger partial charge in [0.2, 0.25) is 0 Å². The number of benzene rings is 1. The molecule has 0 unspecified atom stereocenters. The molecule has 6 heteroatoms. The molecule has 0 aliphatic heterocycles. The highest BCUT2D eigenvalue weighted by molar-refractivity contribution is 7.99. The van der Waals surface area contributed by atoms with Crippen LogP contribution in [0.5, 0.6) is 11.5 Å². The normalized spacial score (nSPS) is 10.9. The summed E-state index contributed by atoms with van der Waals surface area (Å²) in [6.45, 7) is 2.17. The van der Waals surface area contributed by atoms with Gasteiger partial charge in [-0.2, -0.15) is 0 Å². The van der Waals surface area contributed by atoms with Gasteiger partial charge in [0.15, 0.2) is 10.1 Å².